The van der Waals surface area contributed by atoms with Gasteiger partial charge in [-0.25, -0.2) is 9.97 Å². The number of halogens is 1. The Morgan fingerprint density at radius 1 is 1.11 bits per heavy atom. The number of nitrogens with one attached hydrogen (secondary N) is 2. The van der Waals surface area contributed by atoms with Crippen LogP contribution < -0.4 is 14.8 Å². The molecular weight excluding hydrogens is 376 g/mol. The summed E-state index contributed by atoms with van der Waals surface area (Å²) in [5.74, 6) is 0. The molecule has 1 aliphatic rings. The molecule has 0 radical (unpaired) electrons. The minimum Gasteiger partial charge on any atom is -0.359 e. The average Bonchev–Trinajstić information content (AvgIpc) is 3.10. The number of fused-ring (bicyclic) bond motifs is 2. The molecule has 0 amide bonds. The molecule has 2 aromatic heterocycles. The number of aromatic amines is 1. The number of H-pyrrole nitrogens is 1. The molecule has 0 atom stereocenters. The van der Waals surface area contributed by atoms with E-state index in [1.165, 1.54) is 20.8 Å². The summed E-state index contributed by atoms with van der Waals surface area (Å²) in [5.41, 5.74) is 3.50. The Kier molecular flexibility index (Phi) is 4.44. The molecule has 27 heavy (non-hydrogen) atoms. The summed E-state index contributed by atoms with van der Waals surface area (Å²) in [7, 11) is 0. The Balaban J connectivity index is 1.30. The van der Waals surface area contributed by atoms with Crippen molar-refractivity contribution in [1.29, 1.82) is 0 Å². The fourth-order valence-corrected chi connectivity index (χ4v) is 5.10. The van der Waals surface area contributed by atoms with Crippen LogP contribution in [0.5, 0.6) is 0 Å². The summed E-state index contributed by atoms with van der Waals surface area (Å²) in [4.78, 5) is 12.2. The van der Waals surface area contributed by atoms with Crippen molar-refractivity contribution in [2.45, 2.75) is 6.54 Å². The second-order valence-electron chi connectivity index (χ2n) is 7.04. The Bertz CT molecular complexity index is 1070. The second-order valence-corrected chi connectivity index (χ2v) is 8.59. The Morgan fingerprint density at radius 3 is 2.81 bits per heavy atom. The highest BCUT2D eigenvalue weighted by Crippen LogP contribution is 2.26. The summed E-state index contributed by atoms with van der Waals surface area (Å²) >= 11 is 7.97. The van der Waals surface area contributed by atoms with Crippen LogP contribution in [0, 0.1) is 0 Å². The molecule has 0 aliphatic carbocycles. The lowest BCUT2D eigenvalue weighted by atomic mass is 10.1. The predicted molar refractivity (Wildman–Crippen MR) is 112 cm³/mol. The van der Waals surface area contributed by atoms with Crippen LogP contribution >= 0.6 is 22.9 Å². The zero-order valence-electron chi connectivity index (χ0n) is 14.9. The van der Waals surface area contributed by atoms with Gasteiger partial charge in [-0.2, -0.15) is 0 Å². The minimum atomic E-state index is 0.765. The van der Waals surface area contributed by atoms with Crippen LogP contribution in [0.25, 0.3) is 21.1 Å². The maximum Gasteiger partial charge on any atom is 0.214 e. The van der Waals surface area contributed by atoms with E-state index >= 15 is 0 Å². The van der Waals surface area contributed by atoms with E-state index in [2.05, 4.69) is 46.3 Å². The first kappa shape index (κ1) is 16.9. The van der Waals surface area contributed by atoms with Crippen molar-refractivity contribution in [3.63, 3.8) is 0 Å². The van der Waals surface area contributed by atoms with Gasteiger partial charge in [0.15, 0.2) is 6.20 Å². The fourth-order valence-electron chi connectivity index (χ4n) is 3.89. The molecule has 1 fully saturated rings. The molecule has 1 aliphatic heterocycles. The second kappa shape index (κ2) is 7.08. The zero-order valence-corrected chi connectivity index (χ0v) is 16.5. The number of piperazine rings is 1. The van der Waals surface area contributed by atoms with Gasteiger partial charge in [0.25, 0.3) is 0 Å². The quantitative estimate of drug-likeness (QED) is 0.578. The third-order valence-electron chi connectivity index (χ3n) is 5.29. The number of benzene rings is 2. The molecule has 0 saturated carbocycles. The number of hydrogen-bond donors (Lipinski definition) is 1. The Morgan fingerprint density at radius 2 is 1.96 bits per heavy atom. The molecular formula is C21H21ClN4S+2. The highest BCUT2D eigenvalue weighted by molar-refractivity contribution is 7.18. The van der Waals surface area contributed by atoms with Crippen molar-refractivity contribution >= 4 is 49.7 Å². The van der Waals surface area contributed by atoms with Gasteiger partial charge in [0.2, 0.25) is 5.52 Å². The van der Waals surface area contributed by atoms with Gasteiger partial charge in [-0.3, -0.25) is 0 Å². The van der Waals surface area contributed by atoms with Crippen molar-refractivity contribution in [3.05, 3.63) is 64.8 Å². The lowest BCUT2D eigenvalue weighted by Crippen LogP contribution is -3.13. The van der Waals surface area contributed by atoms with Crippen LogP contribution in [-0.2, 0) is 6.54 Å². The Labute approximate surface area is 167 Å². The van der Waals surface area contributed by atoms with Crippen molar-refractivity contribution in [3.8, 4) is 0 Å². The van der Waals surface area contributed by atoms with E-state index in [0.29, 0.717) is 0 Å². The molecule has 5 rings (SSSR count). The minimum absolute atomic E-state index is 0.765. The molecule has 6 heteroatoms. The number of quaternary nitrogens is 1. The molecule has 2 aromatic carbocycles. The van der Waals surface area contributed by atoms with Gasteiger partial charge in [0, 0.05) is 17.2 Å². The fraction of sp³-hybridized carbons (Fsp3) is 0.238. The standard InChI is InChI=1S/C21H19ClN4S/c22-15-5-6-16-18(13-15)23-8-7-19(16)26-11-9-25(10-12-26)14-21-24-17-3-1-2-4-20(17)27-21/h1-8,13H,9-12,14H2/p+2. The molecule has 3 heterocycles. The summed E-state index contributed by atoms with van der Waals surface area (Å²) in [6, 6.07) is 16.7. The summed E-state index contributed by atoms with van der Waals surface area (Å²) in [6.07, 6.45) is 2.01. The van der Waals surface area contributed by atoms with Crippen LogP contribution in [0.1, 0.15) is 5.01 Å². The lowest BCUT2D eigenvalue weighted by molar-refractivity contribution is -0.914. The van der Waals surface area contributed by atoms with Crippen molar-refractivity contribution in [2.24, 2.45) is 0 Å². The van der Waals surface area contributed by atoms with E-state index in [1.807, 2.05) is 29.7 Å². The van der Waals surface area contributed by atoms with E-state index in [1.54, 1.807) is 4.90 Å². The van der Waals surface area contributed by atoms with Crippen molar-refractivity contribution in [2.75, 3.05) is 31.1 Å². The molecule has 0 bridgehead atoms. The summed E-state index contributed by atoms with van der Waals surface area (Å²) in [5, 5.41) is 3.24. The van der Waals surface area contributed by atoms with Crippen molar-refractivity contribution < 1.29 is 9.88 Å². The van der Waals surface area contributed by atoms with Gasteiger partial charge in [-0.05, 0) is 24.3 Å². The largest absolute Gasteiger partial charge is 0.359 e. The maximum atomic E-state index is 6.14. The number of aromatic nitrogens is 2. The number of nitrogens with zero attached hydrogens (tertiary/aromatic N) is 2. The van der Waals surface area contributed by atoms with E-state index < -0.39 is 0 Å². The third-order valence-corrected chi connectivity index (χ3v) is 6.56. The van der Waals surface area contributed by atoms with Crippen LogP contribution in [-0.4, -0.2) is 31.2 Å². The topological polar surface area (TPSA) is 34.7 Å². The number of pyridine rings is 1. The number of anilines is 1. The summed E-state index contributed by atoms with van der Waals surface area (Å²) in [6.45, 7) is 5.39. The molecule has 0 spiro atoms. The molecule has 4 aromatic rings. The van der Waals surface area contributed by atoms with Gasteiger partial charge in [-0.1, -0.05) is 23.7 Å². The number of para-hydroxylation sites is 1. The Hall–Kier alpha value is -2.21. The van der Waals surface area contributed by atoms with E-state index in [9.17, 15) is 0 Å². The highest BCUT2D eigenvalue weighted by atomic mass is 35.5. The number of hydrogen-bond acceptors (Lipinski definition) is 3. The van der Waals surface area contributed by atoms with Crippen LogP contribution in [0.4, 0.5) is 5.69 Å². The molecule has 0 unspecified atom stereocenters. The first-order valence-electron chi connectivity index (χ1n) is 9.29. The van der Waals surface area contributed by atoms with Crippen LogP contribution in [0.3, 0.4) is 0 Å². The van der Waals surface area contributed by atoms with Gasteiger partial charge in [-0.15, -0.1) is 11.3 Å². The maximum absolute atomic E-state index is 6.14. The molecule has 1 saturated heterocycles. The van der Waals surface area contributed by atoms with Crippen LogP contribution in [0.2, 0.25) is 5.02 Å². The van der Waals surface area contributed by atoms with E-state index in [4.69, 9.17) is 16.6 Å². The van der Waals surface area contributed by atoms with Crippen molar-refractivity contribution in [1.82, 2.24) is 4.98 Å². The molecule has 4 nitrogen and oxygen atoms in total. The molecule has 2 N–H and O–H groups in total. The van der Waals surface area contributed by atoms with E-state index in [-0.39, 0.29) is 0 Å². The number of thiazole rings is 1. The zero-order chi connectivity index (χ0) is 18.2. The third kappa shape index (κ3) is 3.38. The summed E-state index contributed by atoms with van der Waals surface area (Å²) < 4.78 is 1.29. The van der Waals surface area contributed by atoms with Gasteiger partial charge >= 0.3 is 0 Å². The van der Waals surface area contributed by atoms with Gasteiger partial charge in [0.05, 0.1) is 47.5 Å². The number of rotatable bonds is 3. The normalized spacial score (nSPS) is 15.7. The van der Waals surface area contributed by atoms with Crippen LogP contribution in [0.15, 0.2) is 54.7 Å². The van der Waals surface area contributed by atoms with E-state index in [0.717, 1.165) is 48.8 Å². The first-order chi connectivity index (χ1) is 13.3. The van der Waals surface area contributed by atoms with Gasteiger partial charge in [0.1, 0.15) is 11.6 Å². The first-order valence-corrected chi connectivity index (χ1v) is 10.5. The smallest absolute Gasteiger partial charge is 0.214 e. The lowest BCUT2D eigenvalue weighted by Gasteiger charge is -2.33. The monoisotopic (exact) mass is 396 g/mol. The molecule has 136 valence electrons. The SMILES string of the molecule is Clc1ccc2c(N3CC[NH+](Cc4nc5ccccc5s4)CC3)cc[nH+]c2c1. The van der Waals surface area contributed by atoms with Gasteiger partial charge < -0.3 is 9.80 Å². The highest BCUT2D eigenvalue weighted by Gasteiger charge is 2.23. The predicted octanol–water partition coefficient (Wildman–Crippen LogP) is 2.82. The average molecular weight is 397 g/mol.